The fourth-order valence-corrected chi connectivity index (χ4v) is 1.95. The Hall–Kier alpha value is -0.670. The molecule has 0 aromatic heterocycles. The van der Waals surface area contributed by atoms with Crippen molar-refractivity contribution in [2.45, 2.75) is 37.2 Å². The van der Waals surface area contributed by atoms with E-state index < -0.39 is 0 Å². The van der Waals surface area contributed by atoms with Crippen molar-refractivity contribution in [2.24, 2.45) is 0 Å². The van der Waals surface area contributed by atoms with Crippen molar-refractivity contribution in [1.29, 1.82) is 0 Å². The molecule has 16 heavy (non-hydrogen) atoms. The van der Waals surface area contributed by atoms with E-state index >= 15 is 0 Å². The normalized spacial score (nSPS) is 18.5. The highest BCUT2D eigenvalue weighted by Gasteiger charge is 2.23. The van der Waals surface area contributed by atoms with Crippen LogP contribution in [0.1, 0.15) is 25.3 Å². The van der Waals surface area contributed by atoms with E-state index in [-0.39, 0.29) is 0 Å². The van der Waals surface area contributed by atoms with E-state index in [0.29, 0.717) is 12.7 Å². The summed E-state index contributed by atoms with van der Waals surface area (Å²) in [6.07, 6.45) is 3.71. The van der Waals surface area contributed by atoms with E-state index in [1.54, 1.807) is 0 Å². The second-order valence-corrected chi connectivity index (χ2v) is 4.61. The molecule has 0 amide bonds. The molecule has 1 aliphatic rings. The predicted molar refractivity (Wildman–Crippen MR) is 67.5 cm³/mol. The van der Waals surface area contributed by atoms with Gasteiger partial charge in [-0.3, -0.25) is 0 Å². The maximum atomic E-state index is 5.77. The van der Waals surface area contributed by atoms with Crippen molar-refractivity contribution >= 4 is 12.6 Å². The third-order valence-corrected chi connectivity index (χ3v) is 3.13. The van der Waals surface area contributed by atoms with Gasteiger partial charge in [0.2, 0.25) is 0 Å². The van der Waals surface area contributed by atoms with E-state index in [2.05, 4.69) is 19.6 Å². The van der Waals surface area contributed by atoms with Gasteiger partial charge in [-0.05, 0) is 25.0 Å². The summed E-state index contributed by atoms with van der Waals surface area (Å²) < 4.78 is 10.9. The summed E-state index contributed by atoms with van der Waals surface area (Å²) in [4.78, 5) is 1.03. The number of rotatable bonds is 6. The molecule has 0 radical (unpaired) electrons. The molecule has 1 unspecified atom stereocenters. The third kappa shape index (κ3) is 3.16. The van der Waals surface area contributed by atoms with Gasteiger partial charge in [-0.2, -0.15) is 0 Å². The first-order valence-corrected chi connectivity index (χ1v) is 6.31. The molecule has 1 aromatic carbocycles. The molecule has 1 fully saturated rings. The zero-order valence-corrected chi connectivity index (χ0v) is 10.5. The van der Waals surface area contributed by atoms with Crippen LogP contribution < -0.4 is 4.74 Å². The van der Waals surface area contributed by atoms with Crippen molar-refractivity contribution < 1.29 is 9.47 Å². The molecule has 1 heterocycles. The van der Waals surface area contributed by atoms with Gasteiger partial charge in [0, 0.05) is 10.5 Å². The Balaban J connectivity index is 2.04. The first-order chi connectivity index (χ1) is 7.81. The third-order valence-electron chi connectivity index (χ3n) is 2.72. The van der Waals surface area contributed by atoms with Gasteiger partial charge in [0.1, 0.15) is 18.5 Å². The molecule has 0 N–H and O–H groups in total. The van der Waals surface area contributed by atoms with Gasteiger partial charge in [0.25, 0.3) is 0 Å². The van der Waals surface area contributed by atoms with E-state index in [0.717, 1.165) is 23.7 Å². The Morgan fingerprint density at radius 3 is 3.00 bits per heavy atom. The molecule has 3 heteroatoms. The van der Waals surface area contributed by atoms with Gasteiger partial charge in [0.05, 0.1) is 6.61 Å². The number of thiol groups is 1. The second-order valence-electron chi connectivity index (χ2n) is 4.12. The van der Waals surface area contributed by atoms with Crippen LogP contribution in [-0.2, 0) is 11.2 Å². The van der Waals surface area contributed by atoms with Crippen molar-refractivity contribution in [3.8, 4) is 5.75 Å². The largest absolute Gasteiger partial charge is 0.490 e. The van der Waals surface area contributed by atoms with Crippen LogP contribution in [0, 0.1) is 0 Å². The minimum absolute atomic E-state index is 0.308. The molecule has 0 saturated carbocycles. The molecule has 1 aromatic rings. The highest BCUT2D eigenvalue weighted by Crippen LogP contribution is 2.27. The van der Waals surface area contributed by atoms with E-state index in [9.17, 15) is 0 Å². The lowest BCUT2D eigenvalue weighted by molar-refractivity contribution is 0.260. The SMILES string of the molecule is CCCCc1c(S)cccc1OCC1CO1. The summed E-state index contributed by atoms with van der Waals surface area (Å²) in [5, 5.41) is 0. The Morgan fingerprint density at radius 1 is 1.50 bits per heavy atom. The van der Waals surface area contributed by atoms with Crippen LogP contribution in [0.5, 0.6) is 5.75 Å². The first-order valence-electron chi connectivity index (χ1n) is 5.86. The number of benzene rings is 1. The fraction of sp³-hybridized carbons (Fsp3) is 0.538. The fourth-order valence-electron chi connectivity index (χ4n) is 1.64. The second kappa shape index (κ2) is 5.60. The standard InChI is InChI=1S/C13H18O2S/c1-2-3-5-11-12(6-4-7-13(11)16)15-9-10-8-14-10/h4,6-7,10,16H,2-3,5,8-9H2,1H3. The predicted octanol–water partition coefficient (Wildman–Crippen LogP) is 3.10. The van der Waals surface area contributed by atoms with E-state index in [1.807, 2.05) is 18.2 Å². The molecule has 0 aliphatic carbocycles. The molecule has 88 valence electrons. The quantitative estimate of drug-likeness (QED) is 0.607. The van der Waals surface area contributed by atoms with E-state index in [4.69, 9.17) is 9.47 Å². The Morgan fingerprint density at radius 2 is 2.31 bits per heavy atom. The zero-order chi connectivity index (χ0) is 11.4. The van der Waals surface area contributed by atoms with Gasteiger partial charge >= 0.3 is 0 Å². The summed E-state index contributed by atoms with van der Waals surface area (Å²) in [6.45, 7) is 3.70. The summed E-state index contributed by atoms with van der Waals surface area (Å²) in [7, 11) is 0. The first kappa shape index (κ1) is 11.8. The van der Waals surface area contributed by atoms with Gasteiger partial charge in [0.15, 0.2) is 0 Å². The summed E-state index contributed by atoms with van der Waals surface area (Å²) >= 11 is 4.49. The van der Waals surface area contributed by atoms with Gasteiger partial charge < -0.3 is 9.47 Å². The monoisotopic (exact) mass is 238 g/mol. The zero-order valence-electron chi connectivity index (χ0n) is 9.61. The van der Waals surface area contributed by atoms with Crippen molar-refractivity contribution in [3.63, 3.8) is 0 Å². The summed E-state index contributed by atoms with van der Waals surface area (Å²) in [6, 6.07) is 6.03. The van der Waals surface area contributed by atoms with Crippen LogP contribution in [0.25, 0.3) is 0 Å². The van der Waals surface area contributed by atoms with Crippen molar-refractivity contribution in [2.75, 3.05) is 13.2 Å². The molecule has 2 nitrogen and oxygen atoms in total. The topological polar surface area (TPSA) is 21.8 Å². The van der Waals surface area contributed by atoms with Gasteiger partial charge in [-0.1, -0.05) is 19.4 Å². The molecule has 1 aliphatic heterocycles. The molecule has 1 saturated heterocycles. The van der Waals surface area contributed by atoms with Crippen LogP contribution in [0.2, 0.25) is 0 Å². The maximum Gasteiger partial charge on any atom is 0.123 e. The number of ether oxygens (including phenoxy) is 2. The molecular formula is C13H18O2S. The lowest BCUT2D eigenvalue weighted by atomic mass is 10.1. The van der Waals surface area contributed by atoms with E-state index in [1.165, 1.54) is 18.4 Å². The molecular weight excluding hydrogens is 220 g/mol. The van der Waals surface area contributed by atoms with Crippen LogP contribution in [0.3, 0.4) is 0 Å². The highest BCUT2D eigenvalue weighted by atomic mass is 32.1. The van der Waals surface area contributed by atoms with Gasteiger partial charge in [-0.25, -0.2) is 0 Å². The number of hydrogen-bond acceptors (Lipinski definition) is 3. The molecule has 2 rings (SSSR count). The maximum absolute atomic E-state index is 5.77. The van der Waals surface area contributed by atoms with Crippen LogP contribution in [0.15, 0.2) is 23.1 Å². The summed E-state index contributed by atoms with van der Waals surface area (Å²) in [5.41, 5.74) is 1.23. The van der Waals surface area contributed by atoms with Crippen LogP contribution in [0.4, 0.5) is 0 Å². The Kier molecular flexibility index (Phi) is 4.13. The smallest absolute Gasteiger partial charge is 0.123 e. The highest BCUT2D eigenvalue weighted by molar-refractivity contribution is 7.80. The van der Waals surface area contributed by atoms with Crippen molar-refractivity contribution in [3.05, 3.63) is 23.8 Å². The Bertz CT molecular complexity index is 348. The van der Waals surface area contributed by atoms with Crippen LogP contribution >= 0.6 is 12.6 Å². The minimum atomic E-state index is 0.308. The number of hydrogen-bond donors (Lipinski definition) is 1. The average molecular weight is 238 g/mol. The van der Waals surface area contributed by atoms with Crippen molar-refractivity contribution in [1.82, 2.24) is 0 Å². The number of epoxide rings is 1. The van der Waals surface area contributed by atoms with Gasteiger partial charge in [-0.15, -0.1) is 12.6 Å². The van der Waals surface area contributed by atoms with Crippen LogP contribution in [-0.4, -0.2) is 19.3 Å². The minimum Gasteiger partial charge on any atom is -0.490 e. The molecule has 0 bridgehead atoms. The number of unbranched alkanes of at least 4 members (excludes halogenated alkanes) is 1. The lowest BCUT2D eigenvalue weighted by Crippen LogP contribution is -2.06. The molecule has 0 spiro atoms. The summed E-state index contributed by atoms with van der Waals surface area (Å²) in [5.74, 6) is 0.969. The molecule has 1 atom stereocenters. The Labute approximate surface area is 102 Å². The average Bonchev–Trinajstić information content (AvgIpc) is 3.09. The lowest BCUT2D eigenvalue weighted by Gasteiger charge is -2.12.